The predicted octanol–water partition coefficient (Wildman–Crippen LogP) is 1.94. The lowest BCUT2D eigenvalue weighted by molar-refractivity contribution is -0.161. The van der Waals surface area contributed by atoms with E-state index in [1.807, 2.05) is 17.9 Å². The van der Waals surface area contributed by atoms with E-state index < -0.39 is 18.3 Å². The number of aryl methyl sites for hydroxylation is 2. The number of hydrogen-bond donors (Lipinski definition) is 0. The lowest BCUT2D eigenvalue weighted by atomic mass is 9.90. The van der Waals surface area contributed by atoms with Crippen LogP contribution in [0.3, 0.4) is 0 Å². The Balaban J connectivity index is 1.28. The maximum atomic E-state index is 12.8. The van der Waals surface area contributed by atoms with Gasteiger partial charge in [0.05, 0.1) is 36.8 Å². The van der Waals surface area contributed by atoms with Crippen LogP contribution in [-0.2, 0) is 16.0 Å². The van der Waals surface area contributed by atoms with E-state index in [0.717, 1.165) is 5.69 Å². The van der Waals surface area contributed by atoms with Crippen LogP contribution in [0.5, 0.6) is 0 Å². The molecule has 174 valence electrons. The van der Waals surface area contributed by atoms with Crippen molar-refractivity contribution in [2.24, 2.45) is 0 Å². The van der Waals surface area contributed by atoms with Gasteiger partial charge in [-0.05, 0) is 26.0 Å². The summed E-state index contributed by atoms with van der Waals surface area (Å²) in [7, 11) is 0. The van der Waals surface area contributed by atoms with Crippen LogP contribution in [0, 0.1) is 13.8 Å². The molecule has 0 N–H and O–H groups in total. The number of anilines is 1. The molecule has 12 heteroatoms. The molecule has 2 aliphatic heterocycles. The van der Waals surface area contributed by atoms with Crippen LogP contribution in [-0.4, -0.2) is 63.1 Å². The standard InChI is InChI=1S/C21H22F2N6O4/c1-12-3-4-17(26-25-12)19-16(13(2)33-27-19)8-29-18(30)5-14(7-24-29)28-10-21(11-28)6-15(9-31-21)32-20(22)23/h3-5,7,15,20H,6,8-11H2,1-2H3/t15-/m0/s1. The lowest BCUT2D eigenvalue weighted by Gasteiger charge is -2.48. The van der Waals surface area contributed by atoms with Crippen molar-refractivity contribution < 1.29 is 22.8 Å². The van der Waals surface area contributed by atoms with Gasteiger partial charge in [0.2, 0.25) is 0 Å². The van der Waals surface area contributed by atoms with E-state index >= 15 is 0 Å². The van der Waals surface area contributed by atoms with E-state index in [2.05, 4.69) is 25.2 Å². The van der Waals surface area contributed by atoms with Crippen molar-refractivity contribution in [1.82, 2.24) is 25.1 Å². The second-order valence-electron chi connectivity index (χ2n) is 8.41. The molecular weight excluding hydrogens is 438 g/mol. The maximum Gasteiger partial charge on any atom is 0.345 e. The average Bonchev–Trinajstić information content (AvgIpc) is 3.33. The molecule has 0 radical (unpaired) electrons. The van der Waals surface area contributed by atoms with Crippen LogP contribution >= 0.6 is 0 Å². The zero-order chi connectivity index (χ0) is 23.2. The highest BCUT2D eigenvalue weighted by atomic mass is 19.3. The summed E-state index contributed by atoms with van der Waals surface area (Å²) in [6.45, 7) is 2.08. The van der Waals surface area contributed by atoms with Crippen LogP contribution in [0.2, 0.25) is 0 Å². The first-order valence-electron chi connectivity index (χ1n) is 10.5. The van der Waals surface area contributed by atoms with Gasteiger partial charge in [0.1, 0.15) is 22.7 Å². The Morgan fingerprint density at radius 1 is 1.27 bits per heavy atom. The monoisotopic (exact) mass is 460 g/mol. The molecule has 2 saturated heterocycles. The molecule has 3 aromatic heterocycles. The quantitative estimate of drug-likeness (QED) is 0.545. The largest absolute Gasteiger partial charge is 0.368 e. The Hall–Kier alpha value is -3.25. The first-order chi connectivity index (χ1) is 15.8. The van der Waals surface area contributed by atoms with E-state index in [-0.39, 0.29) is 18.7 Å². The third-order valence-electron chi connectivity index (χ3n) is 5.98. The first-order valence-corrected chi connectivity index (χ1v) is 10.5. The fourth-order valence-corrected chi connectivity index (χ4v) is 4.26. The maximum absolute atomic E-state index is 12.8. The number of alkyl halides is 2. The van der Waals surface area contributed by atoms with Crippen LogP contribution in [0.15, 0.2) is 33.7 Å². The Morgan fingerprint density at radius 2 is 2.09 bits per heavy atom. The van der Waals surface area contributed by atoms with Crippen LogP contribution < -0.4 is 10.5 Å². The van der Waals surface area contributed by atoms with Crippen molar-refractivity contribution in [3.05, 3.63) is 51.8 Å². The van der Waals surface area contributed by atoms with Crippen molar-refractivity contribution in [2.75, 3.05) is 24.6 Å². The minimum Gasteiger partial charge on any atom is -0.368 e. The molecule has 0 bridgehead atoms. The van der Waals surface area contributed by atoms with Gasteiger partial charge in [0, 0.05) is 31.1 Å². The molecule has 1 atom stereocenters. The summed E-state index contributed by atoms with van der Waals surface area (Å²) in [6.07, 6.45) is 1.39. The average molecular weight is 460 g/mol. The topological polar surface area (TPSA) is 108 Å². The number of hydrogen-bond acceptors (Lipinski definition) is 9. The fraction of sp³-hybridized carbons (Fsp3) is 0.476. The summed E-state index contributed by atoms with van der Waals surface area (Å²) in [5.41, 5.74) is 2.38. The van der Waals surface area contributed by atoms with Crippen LogP contribution in [0.4, 0.5) is 14.5 Å². The molecule has 10 nitrogen and oxygen atoms in total. The molecule has 0 aromatic carbocycles. The Bertz CT molecular complexity index is 1210. The fourth-order valence-electron chi connectivity index (χ4n) is 4.26. The van der Waals surface area contributed by atoms with E-state index in [4.69, 9.17) is 9.26 Å². The van der Waals surface area contributed by atoms with E-state index in [1.165, 1.54) is 10.7 Å². The zero-order valence-electron chi connectivity index (χ0n) is 18.1. The van der Waals surface area contributed by atoms with Gasteiger partial charge < -0.3 is 18.9 Å². The Labute approximate surface area is 187 Å². The summed E-state index contributed by atoms with van der Waals surface area (Å²) in [6, 6.07) is 5.12. The molecule has 5 rings (SSSR count). The van der Waals surface area contributed by atoms with Crippen LogP contribution in [0.1, 0.15) is 23.4 Å². The van der Waals surface area contributed by atoms with Gasteiger partial charge in [-0.1, -0.05) is 5.16 Å². The third kappa shape index (κ3) is 4.23. The van der Waals surface area contributed by atoms with Gasteiger partial charge in [-0.3, -0.25) is 4.79 Å². The summed E-state index contributed by atoms with van der Waals surface area (Å²) < 4.78 is 41.8. The van der Waals surface area contributed by atoms with Gasteiger partial charge in [-0.2, -0.15) is 19.0 Å². The number of nitrogens with zero attached hydrogens (tertiary/aromatic N) is 6. The number of rotatable bonds is 6. The van der Waals surface area contributed by atoms with Gasteiger partial charge in [-0.25, -0.2) is 4.68 Å². The lowest BCUT2D eigenvalue weighted by Crippen LogP contribution is -2.62. The van der Waals surface area contributed by atoms with E-state index in [0.29, 0.717) is 47.9 Å². The van der Waals surface area contributed by atoms with Crippen molar-refractivity contribution >= 4 is 5.69 Å². The molecule has 5 heterocycles. The second-order valence-corrected chi connectivity index (χ2v) is 8.41. The predicted molar refractivity (Wildman–Crippen MR) is 111 cm³/mol. The zero-order valence-corrected chi connectivity index (χ0v) is 18.1. The van der Waals surface area contributed by atoms with E-state index in [9.17, 15) is 13.6 Å². The van der Waals surface area contributed by atoms with Gasteiger partial charge in [0.15, 0.2) is 0 Å². The minimum atomic E-state index is -2.81. The summed E-state index contributed by atoms with van der Waals surface area (Å²) >= 11 is 0. The van der Waals surface area contributed by atoms with Gasteiger partial charge >= 0.3 is 6.61 Å². The molecule has 0 saturated carbocycles. The SMILES string of the molecule is Cc1ccc(-c2noc(C)c2Cn2ncc(N3CC4(C[C@H](OC(F)F)CO4)C3)cc2=O)nn1. The normalized spacial score (nSPS) is 19.4. The Kier molecular flexibility index (Phi) is 5.41. The molecule has 1 spiro atoms. The van der Waals surface area contributed by atoms with Crippen molar-refractivity contribution in [2.45, 2.75) is 45.1 Å². The van der Waals surface area contributed by atoms with Crippen molar-refractivity contribution in [1.29, 1.82) is 0 Å². The van der Waals surface area contributed by atoms with Crippen molar-refractivity contribution in [3.8, 4) is 11.4 Å². The molecule has 33 heavy (non-hydrogen) atoms. The van der Waals surface area contributed by atoms with Crippen LogP contribution in [0.25, 0.3) is 11.4 Å². The second kappa shape index (κ2) is 8.27. The molecule has 2 fully saturated rings. The highest BCUT2D eigenvalue weighted by Gasteiger charge is 2.50. The van der Waals surface area contributed by atoms with E-state index in [1.54, 1.807) is 19.2 Å². The summed E-state index contributed by atoms with van der Waals surface area (Å²) in [4.78, 5) is 14.7. The van der Waals surface area contributed by atoms with Gasteiger partial charge in [0.25, 0.3) is 5.56 Å². The highest BCUT2D eigenvalue weighted by molar-refractivity contribution is 5.58. The molecule has 3 aromatic rings. The first kappa shape index (κ1) is 21.6. The summed E-state index contributed by atoms with van der Waals surface area (Å²) in [5, 5.41) is 16.6. The van der Waals surface area contributed by atoms with Crippen molar-refractivity contribution in [3.63, 3.8) is 0 Å². The van der Waals surface area contributed by atoms with Gasteiger partial charge in [-0.15, -0.1) is 5.10 Å². The smallest absolute Gasteiger partial charge is 0.345 e. The summed E-state index contributed by atoms with van der Waals surface area (Å²) in [5.74, 6) is 0.564. The third-order valence-corrected chi connectivity index (χ3v) is 5.98. The highest BCUT2D eigenvalue weighted by Crippen LogP contribution is 2.38. The molecular formula is C21H22F2N6O4. The number of aromatic nitrogens is 5. The number of ether oxygens (including phenoxy) is 2. The molecule has 0 amide bonds. The molecule has 2 aliphatic rings. The minimum absolute atomic E-state index is 0.143. The molecule has 0 aliphatic carbocycles. The Morgan fingerprint density at radius 3 is 2.79 bits per heavy atom. The molecule has 0 unspecified atom stereocenters. The number of halogens is 2.